The number of hydrogen-bond donors (Lipinski definition) is 3. The van der Waals surface area contributed by atoms with Gasteiger partial charge in [-0.15, -0.1) is 11.8 Å². The maximum absolute atomic E-state index is 11.1. The highest BCUT2D eigenvalue weighted by Gasteiger charge is 2.38. The fourth-order valence-corrected chi connectivity index (χ4v) is 2.62. The standard InChI is InChI=1S/C12H16N2O2S/c1-7-10(11(12(15)16)14-13-7)8-3-5-9(17-2)6-4-8/h3-7,10-11,13-14H,1-2H3,(H,15,16). The molecule has 0 aromatic heterocycles. The summed E-state index contributed by atoms with van der Waals surface area (Å²) >= 11 is 1.68. The van der Waals surface area contributed by atoms with Gasteiger partial charge in [-0.05, 0) is 30.9 Å². The number of hydrazine groups is 1. The molecule has 0 bridgehead atoms. The van der Waals surface area contributed by atoms with Crippen LogP contribution in [0.4, 0.5) is 0 Å². The van der Waals surface area contributed by atoms with E-state index in [2.05, 4.69) is 10.9 Å². The number of carboxylic acid groups (broad SMARTS) is 1. The van der Waals surface area contributed by atoms with Gasteiger partial charge in [0.2, 0.25) is 0 Å². The van der Waals surface area contributed by atoms with Gasteiger partial charge < -0.3 is 5.11 Å². The summed E-state index contributed by atoms with van der Waals surface area (Å²) in [6.45, 7) is 1.99. The molecule has 1 aliphatic rings. The van der Waals surface area contributed by atoms with Crippen LogP contribution >= 0.6 is 11.8 Å². The lowest BCUT2D eigenvalue weighted by Crippen LogP contribution is -2.38. The lowest BCUT2D eigenvalue weighted by molar-refractivity contribution is -0.139. The Labute approximate surface area is 105 Å². The largest absolute Gasteiger partial charge is 0.480 e. The summed E-state index contributed by atoms with van der Waals surface area (Å²) < 4.78 is 0. The molecule has 1 aromatic rings. The predicted molar refractivity (Wildman–Crippen MR) is 68.1 cm³/mol. The Kier molecular flexibility index (Phi) is 3.71. The molecule has 2 rings (SSSR count). The van der Waals surface area contributed by atoms with Crippen LogP contribution in [0.15, 0.2) is 29.2 Å². The van der Waals surface area contributed by atoms with Crippen molar-refractivity contribution in [3.8, 4) is 0 Å². The Morgan fingerprint density at radius 3 is 2.47 bits per heavy atom. The smallest absolute Gasteiger partial charge is 0.322 e. The molecule has 1 aliphatic heterocycles. The average molecular weight is 252 g/mol. The lowest BCUT2D eigenvalue weighted by Gasteiger charge is -2.18. The zero-order valence-corrected chi connectivity index (χ0v) is 10.6. The van der Waals surface area contributed by atoms with Gasteiger partial charge in [0.25, 0.3) is 0 Å². The van der Waals surface area contributed by atoms with Crippen molar-refractivity contribution in [1.29, 1.82) is 0 Å². The molecule has 1 heterocycles. The highest BCUT2D eigenvalue weighted by atomic mass is 32.2. The SMILES string of the molecule is CSc1ccc(C2C(C)NNC2C(=O)O)cc1. The van der Waals surface area contributed by atoms with Crippen molar-refractivity contribution in [3.63, 3.8) is 0 Å². The van der Waals surface area contributed by atoms with E-state index >= 15 is 0 Å². The first-order valence-corrected chi connectivity index (χ1v) is 6.73. The average Bonchev–Trinajstić information content (AvgIpc) is 2.71. The zero-order valence-electron chi connectivity index (χ0n) is 9.81. The lowest BCUT2D eigenvalue weighted by atomic mass is 9.88. The van der Waals surface area contributed by atoms with Gasteiger partial charge in [-0.25, -0.2) is 5.43 Å². The van der Waals surface area contributed by atoms with Crippen LogP contribution in [0.3, 0.4) is 0 Å². The molecule has 0 aliphatic carbocycles. The van der Waals surface area contributed by atoms with Crippen LogP contribution in [-0.2, 0) is 4.79 Å². The summed E-state index contributed by atoms with van der Waals surface area (Å²) in [7, 11) is 0. The van der Waals surface area contributed by atoms with E-state index in [1.54, 1.807) is 11.8 Å². The van der Waals surface area contributed by atoms with Gasteiger partial charge in [-0.3, -0.25) is 10.2 Å². The monoisotopic (exact) mass is 252 g/mol. The Morgan fingerprint density at radius 2 is 1.94 bits per heavy atom. The fourth-order valence-electron chi connectivity index (χ4n) is 2.21. The number of hydrogen-bond acceptors (Lipinski definition) is 4. The van der Waals surface area contributed by atoms with Gasteiger partial charge in [-0.2, -0.15) is 0 Å². The van der Waals surface area contributed by atoms with Crippen molar-refractivity contribution in [3.05, 3.63) is 29.8 Å². The van der Waals surface area contributed by atoms with Crippen molar-refractivity contribution >= 4 is 17.7 Å². The summed E-state index contributed by atoms with van der Waals surface area (Å²) in [4.78, 5) is 12.3. The van der Waals surface area contributed by atoms with E-state index in [9.17, 15) is 4.79 Å². The summed E-state index contributed by atoms with van der Waals surface area (Å²) in [5.74, 6) is -0.857. The summed E-state index contributed by atoms with van der Waals surface area (Å²) in [6, 6.07) is 7.63. The van der Waals surface area contributed by atoms with Gasteiger partial charge in [0.15, 0.2) is 0 Å². The van der Waals surface area contributed by atoms with Crippen LogP contribution in [0, 0.1) is 0 Å². The van der Waals surface area contributed by atoms with Gasteiger partial charge in [0.05, 0.1) is 0 Å². The predicted octanol–water partition coefficient (Wildman–Crippen LogP) is 1.44. The molecule has 3 unspecified atom stereocenters. The second-order valence-electron chi connectivity index (χ2n) is 4.19. The molecule has 4 nitrogen and oxygen atoms in total. The molecule has 0 radical (unpaired) electrons. The highest BCUT2D eigenvalue weighted by molar-refractivity contribution is 7.98. The third kappa shape index (κ3) is 2.46. The Morgan fingerprint density at radius 1 is 1.29 bits per heavy atom. The molecule has 5 heteroatoms. The number of aliphatic carboxylic acids is 1. The van der Waals surface area contributed by atoms with E-state index in [1.165, 1.54) is 4.90 Å². The van der Waals surface area contributed by atoms with E-state index in [0.717, 1.165) is 5.56 Å². The van der Waals surface area contributed by atoms with E-state index in [-0.39, 0.29) is 12.0 Å². The first kappa shape index (κ1) is 12.4. The molecule has 92 valence electrons. The molecular formula is C12H16N2O2S. The van der Waals surface area contributed by atoms with Crippen LogP contribution in [0.5, 0.6) is 0 Å². The maximum atomic E-state index is 11.1. The molecule has 1 aromatic carbocycles. The van der Waals surface area contributed by atoms with E-state index < -0.39 is 12.0 Å². The van der Waals surface area contributed by atoms with E-state index in [4.69, 9.17) is 5.11 Å². The highest BCUT2D eigenvalue weighted by Crippen LogP contribution is 2.28. The summed E-state index contributed by atoms with van der Waals surface area (Å²) in [5, 5.41) is 9.16. The van der Waals surface area contributed by atoms with E-state index in [1.807, 2.05) is 37.4 Å². The first-order valence-electron chi connectivity index (χ1n) is 5.51. The van der Waals surface area contributed by atoms with Crippen LogP contribution in [0.2, 0.25) is 0 Å². The van der Waals surface area contributed by atoms with Crippen LogP contribution in [0.25, 0.3) is 0 Å². The molecule has 3 atom stereocenters. The van der Waals surface area contributed by atoms with Crippen LogP contribution in [0.1, 0.15) is 18.4 Å². The molecule has 0 amide bonds. The van der Waals surface area contributed by atoms with E-state index in [0.29, 0.717) is 0 Å². The normalized spacial score (nSPS) is 28.2. The van der Waals surface area contributed by atoms with Crippen LogP contribution < -0.4 is 10.9 Å². The topological polar surface area (TPSA) is 61.4 Å². The molecule has 0 saturated carbocycles. The molecule has 3 N–H and O–H groups in total. The number of benzene rings is 1. The molecule has 17 heavy (non-hydrogen) atoms. The first-order chi connectivity index (χ1) is 8.13. The fraction of sp³-hybridized carbons (Fsp3) is 0.417. The van der Waals surface area contributed by atoms with Gasteiger partial charge in [0.1, 0.15) is 6.04 Å². The second kappa shape index (κ2) is 5.08. The number of carbonyl (C=O) groups is 1. The van der Waals surface area contributed by atoms with Crippen molar-refractivity contribution in [2.75, 3.05) is 6.26 Å². The third-order valence-electron chi connectivity index (χ3n) is 3.13. The second-order valence-corrected chi connectivity index (χ2v) is 5.07. The minimum atomic E-state index is -0.819. The Bertz CT molecular complexity index is 407. The van der Waals surface area contributed by atoms with Crippen molar-refractivity contribution in [2.45, 2.75) is 29.8 Å². The number of carboxylic acids is 1. The summed E-state index contributed by atoms with van der Waals surface area (Å²) in [6.07, 6.45) is 2.02. The minimum Gasteiger partial charge on any atom is -0.480 e. The van der Waals surface area contributed by atoms with Gasteiger partial charge in [-0.1, -0.05) is 12.1 Å². The zero-order chi connectivity index (χ0) is 12.4. The number of thioether (sulfide) groups is 1. The minimum absolute atomic E-state index is 0.0385. The van der Waals surface area contributed by atoms with Gasteiger partial charge >= 0.3 is 5.97 Å². The van der Waals surface area contributed by atoms with Crippen LogP contribution in [-0.4, -0.2) is 29.4 Å². The quantitative estimate of drug-likeness (QED) is 0.711. The number of rotatable bonds is 3. The van der Waals surface area contributed by atoms with Crippen molar-refractivity contribution in [2.24, 2.45) is 0 Å². The van der Waals surface area contributed by atoms with Crippen molar-refractivity contribution in [1.82, 2.24) is 10.9 Å². The molecule has 1 fully saturated rings. The Hall–Kier alpha value is -1.04. The van der Waals surface area contributed by atoms with Crippen molar-refractivity contribution < 1.29 is 9.90 Å². The van der Waals surface area contributed by atoms with Gasteiger partial charge in [0, 0.05) is 16.9 Å². The molecular weight excluding hydrogens is 236 g/mol. The molecule has 0 spiro atoms. The number of nitrogens with one attached hydrogen (secondary N) is 2. The summed E-state index contributed by atoms with van der Waals surface area (Å²) in [5.41, 5.74) is 6.88. The molecule has 1 saturated heterocycles. The Balaban J connectivity index is 2.26. The maximum Gasteiger partial charge on any atom is 0.322 e. The third-order valence-corrected chi connectivity index (χ3v) is 3.87.